The largest absolute Gasteiger partial charge is 0.351 e. The van der Waals surface area contributed by atoms with Gasteiger partial charge in [0.05, 0.1) is 21.3 Å². The van der Waals surface area contributed by atoms with E-state index in [1.807, 2.05) is 49.4 Å². The van der Waals surface area contributed by atoms with Crippen molar-refractivity contribution in [1.82, 2.24) is 4.98 Å². The van der Waals surface area contributed by atoms with Crippen LogP contribution >= 0.6 is 11.6 Å². The number of hydrogen-bond donors (Lipinski definition) is 0. The van der Waals surface area contributed by atoms with Crippen LogP contribution in [0.1, 0.15) is 11.1 Å². The van der Waals surface area contributed by atoms with Gasteiger partial charge in [-0.2, -0.15) is 0 Å². The predicted molar refractivity (Wildman–Crippen MR) is 100 cm³/mol. The van der Waals surface area contributed by atoms with E-state index in [1.165, 1.54) is 0 Å². The SMILES string of the molecule is Cc1ccc2nc(N3CCS(=O)c4ccccc4C3)cc(Cl)c2c1. The van der Waals surface area contributed by atoms with Crippen LogP contribution in [0.4, 0.5) is 5.82 Å². The Labute approximate surface area is 148 Å². The molecule has 2 heterocycles. The summed E-state index contributed by atoms with van der Waals surface area (Å²) < 4.78 is 12.4. The van der Waals surface area contributed by atoms with Gasteiger partial charge in [-0.15, -0.1) is 0 Å². The molecule has 24 heavy (non-hydrogen) atoms. The monoisotopic (exact) mass is 356 g/mol. The zero-order valence-corrected chi connectivity index (χ0v) is 14.9. The van der Waals surface area contributed by atoms with Gasteiger partial charge >= 0.3 is 0 Å². The maximum absolute atomic E-state index is 12.4. The zero-order valence-electron chi connectivity index (χ0n) is 13.3. The molecule has 0 radical (unpaired) electrons. The van der Waals surface area contributed by atoms with Crippen LogP contribution < -0.4 is 4.90 Å². The maximum atomic E-state index is 12.4. The lowest BCUT2D eigenvalue weighted by atomic mass is 10.1. The van der Waals surface area contributed by atoms with Crippen LogP contribution in [0.3, 0.4) is 0 Å². The molecule has 0 amide bonds. The molecule has 2 aromatic carbocycles. The number of hydrogen-bond acceptors (Lipinski definition) is 3. The molecular weight excluding hydrogens is 340 g/mol. The molecule has 0 fully saturated rings. The van der Waals surface area contributed by atoms with Crippen molar-refractivity contribution in [2.45, 2.75) is 18.4 Å². The lowest BCUT2D eigenvalue weighted by Crippen LogP contribution is -2.25. The molecule has 0 saturated heterocycles. The van der Waals surface area contributed by atoms with Crippen molar-refractivity contribution in [3.63, 3.8) is 0 Å². The van der Waals surface area contributed by atoms with Crippen molar-refractivity contribution in [2.24, 2.45) is 0 Å². The van der Waals surface area contributed by atoms with Crippen LogP contribution in [0.2, 0.25) is 5.02 Å². The van der Waals surface area contributed by atoms with E-state index in [0.29, 0.717) is 23.9 Å². The van der Waals surface area contributed by atoms with Crippen LogP contribution in [-0.4, -0.2) is 21.5 Å². The molecular formula is C19H17ClN2OS. The van der Waals surface area contributed by atoms with E-state index in [9.17, 15) is 4.21 Å². The van der Waals surface area contributed by atoms with Gasteiger partial charge in [0, 0.05) is 29.1 Å². The lowest BCUT2D eigenvalue weighted by Gasteiger charge is -2.22. The Morgan fingerprint density at radius 1 is 1.17 bits per heavy atom. The summed E-state index contributed by atoms with van der Waals surface area (Å²) >= 11 is 6.50. The molecule has 1 aliphatic heterocycles. The summed E-state index contributed by atoms with van der Waals surface area (Å²) in [4.78, 5) is 7.88. The number of benzene rings is 2. The third kappa shape index (κ3) is 2.80. The summed E-state index contributed by atoms with van der Waals surface area (Å²) in [6, 6.07) is 16.0. The van der Waals surface area contributed by atoms with Gasteiger partial charge in [0.1, 0.15) is 5.82 Å². The minimum absolute atomic E-state index is 0.599. The molecule has 4 rings (SSSR count). The molecule has 1 atom stereocenters. The van der Waals surface area contributed by atoms with E-state index < -0.39 is 10.8 Å². The number of aromatic nitrogens is 1. The van der Waals surface area contributed by atoms with Crippen LogP contribution in [0.25, 0.3) is 10.9 Å². The van der Waals surface area contributed by atoms with Gasteiger partial charge in [0.15, 0.2) is 0 Å². The summed E-state index contributed by atoms with van der Waals surface area (Å²) in [7, 11) is -0.965. The summed E-state index contributed by atoms with van der Waals surface area (Å²) in [5.74, 6) is 1.44. The molecule has 0 spiro atoms. The topological polar surface area (TPSA) is 33.2 Å². The number of nitrogens with zero attached hydrogens (tertiary/aromatic N) is 2. The number of anilines is 1. The second-order valence-electron chi connectivity index (χ2n) is 6.06. The Morgan fingerprint density at radius 2 is 2.00 bits per heavy atom. The van der Waals surface area contributed by atoms with Crippen LogP contribution in [0.5, 0.6) is 0 Å². The fraction of sp³-hybridized carbons (Fsp3) is 0.211. The zero-order chi connectivity index (χ0) is 16.7. The van der Waals surface area contributed by atoms with Gasteiger partial charge in [0.25, 0.3) is 0 Å². The van der Waals surface area contributed by atoms with Gasteiger partial charge in [-0.25, -0.2) is 4.98 Å². The highest BCUT2D eigenvalue weighted by molar-refractivity contribution is 7.85. The Kier molecular flexibility index (Phi) is 4.02. The fourth-order valence-electron chi connectivity index (χ4n) is 3.09. The Hall–Kier alpha value is -1.91. The minimum atomic E-state index is -0.965. The molecule has 0 saturated carbocycles. The second-order valence-corrected chi connectivity index (χ2v) is 8.01. The van der Waals surface area contributed by atoms with E-state index >= 15 is 0 Å². The van der Waals surface area contributed by atoms with E-state index in [1.54, 1.807) is 0 Å². The minimum Gasteiger partial charge on any atom is -0.351 e. The van der Waals surface area contributed by atoms with Crippen LogP contribution in [0, 0.1) is 6.92 Å². The first-order valence-electron chi connectivity index (χ1n) is 7.90. The maximum Gasteiger partial charge on any atom is 0.131 e. The number of pyridine rings is 1. The molecule has 1 aliphatic rings. The number of aryl methyl sites for hydroxylation is 1. The highest BCUT2D eigenvalue weighted by Gasteiger charge is 2.20. The van der Waals surface area contributed by atoms with E-state index in [2.05, 4.69) is 11.0 Å². The number of halogens is 1. The van der Waals surface area contributed by atoms with Crippen molar-refractivity contribution >= 4 is 39.1 Å². The van der Waals surface area contributed by atoms with Gasteiger partial charge in [-0.3, -0.25) is 4.21 Å². The Morgan fingerprint density at radius 3 is 2.88 bits per heavy atom. The fourth-order valence-corrected chi connectivity index (χ4v) is 4.60. The van der Waals surface area contributed by atoms with Crippen molar-refractivity contribution < 1.29 is 4.21 Å². The predicted octanol–water partition coefficient (Wildman–Crippen LogP) is 4.32. The highest BCUT2D eigenvalue weighted by Crippen LogP contribution is 2.30. The second kappa shape index (κ2) is 6.19. The summed E-state index contributed by atoms with van der Waals surface area (Å²) in [6.45, 7) is 3.44. The Balaban J connectivity index is 1.78. The lowest BCUT2D eigenvalue weighted by molar-refractivity contribution is 0.683. The van der Waals surface area contributed by atoms with Gasteiger partial charge in [-0.05, 0) is 36.8 Å². The van der Waals surface area contributed by atoms with Gasteiger partial charge in [0.2, 0.25) is 0 Å². The normalized spacial score (nSPS) is 17.6. The average molecular weight is 357 g/mol. The van der Waals surface area contributed by atoms with Crippen LogP contribution in [0.15, 0.2) is 53.4 Å². The van der Waals surface area contributed by atoms with E-state index in [0.717, 1.165) is 32.7 Å². The molecule has 0 N–H and O–H groups in total. The third-order valence-corrected chi connectivity index (χ3v) is 6.10. The first-order valence-corrected chi connectivity index (χ1v) is 9.59. The highest BCUT2D eigenvalue weighted by atomic mass is 35.5. The first kappa shape index (κ1) is 15.6. The summed E-state index contributed by atoms with van der Waals surface area (Å²) in [6.07, 6.45) is 0. The molecule has 5 heteroatoms. The van der Waals surface area contributed by atoms with Gasteiger partial charge < -0.3 is 4.90 Å². The van der Waals surface area contributed by atoms with Crippen LogP contribution in [-0.2, 0) is 17.3 Å². The molecule has 1 aromatic heterocycles. The first-order chi connectivity index (χ1) is 11.6. The van der Waals surface area contributed by atoms with Crippen molar-refractivity contribution in [1.29, 1.82) is 0 Å². The van der Waals surface area contributed by atoms with Gasteiger partial charge in [-0.1, -0.05) is 41.4 Å². The third-order valence-electron chi connectivity index (χ3n) is 4.35. The van der Waals surface area contributed by atoms with Crippen molar-refractivity contribution in [3.8, 4) is 0 Å². The molecule has 3 nitrogen and oxygen atoms in total. The smallest absolute Gasteiger partial charge is 0.131 e. The summed E-state index contributed by atoms with van der Waals surface area (Å²) in [5, 5.41) is 1.68. The standard InChI is InChI=1S/C19H17ClN2OS/c1-13-6-7-17-15(10-13)16(20)11-19(21-17)22-8-9-24(23)18-5-3-2-4-14(18)12-22/h2-7,10-11H,8-9,12H2,1H3. The molecule has 0 bridgehead atoms. The average Bonchev–Trinajstić information content (AvgIpc) is 2.75. The van der Waals surface area contributed by atoms with Crippen molar-refractivity contribution in [3.05, 3.63) is 64.7 Å². The molecule has 122 valence electrons. The van der Waals surface area contributed by atoms with E-state index in [-0.39, 0.29) is 0 Å². The Bertz CT molecular complexity index is 957. The van der Waals surface area contributed by atoms with E-state index in [4.69, 9.17) is 16.6 Å². The molecule has 1 unspecified atom stereocenters. The quantitative estimate of drug-likeness (QED) is 0.651. The van der Waals surface area contributed by atoms with Crippen molar-refractivity contribution in [2.75, 3.05) is 17.2 Å². The summed E-state index contributed by atoms with van der Waals surface area (Å²) in [5.41, 5.74) is 3.15. The molecule has 0 aliphatic carbocycles. The number of rotatable bonds is 1. The molecule has 3 aromatic rings. The number of fused-ring (bicyclic) bond motifs is 2.